The lowest BCUT2D eigenvalue weighted by molar-refractivity contribution is 0.221. The second-order valence-electron chi connectivity index (χ2n) is 5.36. The van der Waals surface area contributed by atoms with Gasteiger partial charge in [-0.15, -0.1) is 0 Å². The van der Waals surface area contributed by atoms with E-state index < -0.39 is 10.8 Å². The molecule has 0 spiro atoms. The van der Waals surface area contributed by atoms with Gasteiger partial charge in [-0.2, -0.15) is 0 Å². The number of ether oxygens (including phenoxy) is 1. The third-order valence-corrected chi connectivity index (χ3v) is 4.88. The van der Waals surface area contributed by atoms with Gasteiger partial charge >= 0.3 is 0 Å². The zero-order valence-corrected chi connectivity index (χ0v) is 13.7. The maximum Gasteiger partial charge on any atom is 0.119 e. The third kappa shape index (κ3) is 6.16. The first-order chi connectivity index (χ1) is 10.3. The Kier molecular flexibility index (Phi) is 7.19. The number of rotatable bonds is 8. The zero-order chi connectivity index (χ0) is 14.9. The van der Waals surface area contributed by atoms with Crippen molar-refractivity contribution in [2.75, 3.05) is 44.3 Å². The first kappa shape index (κ1) is 16.5. The first-order valence-corrected chi connectivity index (χ1v) is 9.26. The predicted octanol–water partition coefficient (Wildman–Crippen LogP) is 1.63. The molecule has 0 aliphatic carbocycles. The smallest absolute Gasteiger partial charge is 0.119 e. The van der Waals surface area contributed by atoms with E-state index in [9.17, 15) is 4.21 Å². The summed E-state index contributed by atoms with van der Waals surface area (Å²) in [6, 6.07) is 8.28. The summed E-state index contributed by atoms with van der Waals surface area (Å²) in [4.78, 5) is 2.33. The van der Waals surface area contributed by atoms with Crippen molar-refractivity contribution in [3.05, 3.63) is 29.8 Å². The van der Waals surface area contributed by atoms with Gasteiger partial charge in [-0.3, -0.25) is 9.11 Å². The lowest BCUT2D eigenvalue weighted by atomic mass is 10.2. The van der Waals surface area contributed by atoms with Crippen LogP contribution in [0.5, 0.6) is 5.75 Å². The Labute approximate surface area is 130 Å². The van der Waals surface area contributed by atoms with Gasteiger partial charge in [0.2, 0.25) is 0 Å². The monoisotopic (exact) mass is 310 g/mol. The van der Waals surface area contributed by atoms with Crippen LogP contribution in [0.15, 0.2) is 24.3 Å². The maximum atomic E-state index is 11.3. The highest BCUT2D eigenvalue weighted by atomic mass is 32.2. The van der Waals surface area contributed by atoms with E-state index in [4.69, 9.17) is 4.74 Å². The van der Waals surface area contributed by atoms with Crippen molar-refractivity contribution in [1.29, 1.82) is 0 Å². The molecule has 0 saturated carbocycles. The number of benzene rings is 1. The van der Waals surface area contributed by atoms with Crippen LogP contribution in [0.3, 0.4) is 0 Å². The summed E-state index contributed by atoms with van der Waals surface area (Å²) in [6.07, 6.45) is 1.15. The fourth-order valence-corrected chi connectivity index (χ4v) is 3.47. The van der Waals surface area contributed by atoms with Gasteiger partial charge in [0.1, 0.15) is 12.4 Å². The number of hydrogen-bond acceptors (Lipinski definition) is 4. The first-order valence-electron chi connectivity index (χ1n) is 7.77. The molecule has 0 unspecified atom stereocenters. The quantitative estimate of drug-likeness (QED) is 0.741. The highest BCUT2D eigenvalue weighted by Gasteiger charge is 2.14. The highest BCUT2D eigenvalue weighted by Crippen LogP contribution is 2.13. The van der Waals surface area contributed by atoms with Crippen molar-refractivity contribution in [3.8, 4) is 5.75 Å². The van der Waals surface area contributed by atoms with Crippen LogP contribution >= 0.6 is 0 Å². The van der Waals surface area contributed by atoms with Crippen molar-refractivity contribution in [3.63, 3.8) is 0 Å². The molecule has 1 heterocycles. The summed E-state index contributed by atoms with van der Waals surface area (Å²) < 4.78 is 17.1. The van der Waals surface area contributed by atoms with Crippen molar-refractivity contribution in [2.45, 2.75) is 19.9 Å². The minimum absolute atomic E-state index is 0.599. The fourth-order valence-electron chi connectivity index (χ4n) is 2.35. The molecule has 1 aliphatic heterocycles. The topological polar surface area (TPSA) is 41.6 Å². The minimum Gasteiger partial charge on any atom is -0.492 e. The van der Waals surface area contributed by atoms with Gasteiger partial charge in [-0.25, -0.2) is 0 Å². The molecule has 1 N–H and O–H groups in total. The molecule has 1 fully saturated rings. The molecule has 0 bridgehead atoms. The summed E-state index contributed by atoms with van der Waals surface area (Å²) in [7, 11) is -0.599. The second kappa shape index (κ2) is 9.18. The summed E-state index contributed by atoms with van der Waals surface area (Å²) >= 11 is 0. The van der Waals surface area contributed by atoms with Crippen LogP contribution in [0.2, 0.25) is 0 Å². The van der Waals surface area contributed by atoms with Gasteiger partial charge in [0.25, 0.3) is 0 Å². The molecule has 1 aromatic carbocycles. The fraction of sp³-hybridized carbons (Fsp3) is 0.625. The highest BCUT2D eigenvalue weighted by molar-refractivity contribution is 7.85. The molecule has 21 heavy (non-hydrogen) atoms. The number of hydrogen-bond donors (Lipinski definition) is 1. The SMILES string of the molecule is CCCNCc1cccc(OCCN2CCS(=O)CC2)c1. The molecule has 0 amide bonds. The molecule has 1 saturated heterocycles. The van der Waals surface area contributed by atoms with Crippen LogP contribution in [0.4, 0.5) is 0 Å². The van der Waals surface area contributed by atoms with Gasteiger partial charge in [0.05, 0.1) is 0 Å². The van der Waals surface area contributed by atoms with Gasteiger partial charge in [-0.1, -0.05) is 19.1 Å². The van der Waals surface area contributed by atoms with Crippen LogP contribution in [-0.4, -0.2) is 53.4 Å². The Hall–Kier alpha value is -0.910. The molecular formula is C16H26N2O2S. The van der Waals surface area contributed by atoms with Crippen molar-refractivity contribution in [1.82, 2.24) is 10.2 Å². The molecule has 4 nitrogen and oxygen atoms in total. The lowest BCUT2D eigenvalue weighted by Crippen LogP contribution is -2.39. The van der Waals surface area contributed by atoms with Crippen LogP contribution in [0.25, 0.3) is 0 Å². The Morgan fingerprint density at radius 3 is 2.90 bits per heavy atom. The van der Waals surface area contributed by atoms with E-state index in [2.05, 4.69) is 29.3 Å². The average Bonchev–Trinajstić information content (AvgIpc) is 2.50. The molecule has 5 heteroatoms. The summed E-state index contributed by atoms with van der Waals surface area (Å²) in [5, 5.41) is 3.40. The molecule has 1 aromatic rings. The minimum atomic E-state index is -0.599. The van der Waals surface area contributed by atoms with Crippen LogP contribution in [-0.2, 0) is 17.3 Å². The number of nitrogens with zero attached hydrogens (tertiary/aromatic N) is 1. The summed E-state index contributed by atoms with van der Waals surface area (Å²) in [5.74, 6) is 2.54. The van der Waals surface area contributed by atoms with E-state index in [-0.39, 0.29) is 0 Å². The molecule has 0 atom stereocenters. The Morgan fingerprint density at radius 2 is 2.14 bits per heavy atom. The predicted molar refractivity (Wildman–Crippen MR) is 88.3 cm³/mol. The normalized spacial score (nSPS) is 17.0. The Balaban J connectivity index is 1.70. The molecule has 0 radical (unpaired) electrons. The molecular weight excluding hydrogens is 284 g/mol. The molecule has 2 rings (SSSR count). The molecule has 118 valence electrons. The molecule has 1 aliphatic rings. The standard InChI is InChI=1S/C16H26N2O2S/c1-2-6-17-14-15-4-3-5-16(13-15)20-10-7-18-8-11-21(19)12-9-18/h3-5,13,17H,2,6-12,14H2,1H3. The van der Waals surface area contributed by atoms with Gasteiger partial charge in [0.15, 0.2) is 0 Å². The Bertz CT molecular complexity index is 444. The van der Waals surface area contributed by atoms with Crippen molar-refractivity contribution < 1.29 is 8.95 Å². The van der Waals surface area contributed by atoms with E-state index in [1.807, 2.05) is 12.1 Å². The van der Waals surface area contributed by atoms with Gasteiger partial charge < -0.3 is 10.1 Å². The van der Waals surface area contributed by atoms with E-state index in [0.29, 0.717) is 6.61 Å². The second-order valence-corrected chi connectivity index (χ2v) is 7.06. The van der Waals surface area contributed by atoms with E-state index in [1.165, 1.54) is 5.56 Å². The van der Waals surface area contributed by atoms with E-state index in [1.54, 1.807) is 0 Å². The largest absolute Gasteiger partial charge is 0.492 e. The number of nitrogens with one attached hydrogen (secondary N) is 1. The van der Waals surface area contributed by atoms with E-state index in [0.717, 1.165) is 56.4 Å². The summed E-state index contributed by atoms with van der Waals surface area (Å²) in [6.45, 7) is 7.56. The Morgan fingerprint density at radius 1 is 1.33 bits per heavy atom. The van der Waals surface area contributed by atoms with Crippen LogP contribution in [0, 0.1) is 0 Å². The maximum absolute atomic E-state index is 11.3. The van der Waals surface area contributed by atoms with Crippen molar-refractivity contribution >= 4 is 10.8 Å². The van der Waals surface area contributed by atoms with Gasteiger partial charge in [0, 0.05) is 48.5 Å². The zero-order valence-electron chi connectivity index (χ0n) is 12.8. The summed E-state index contributed by atoms with van der Waals surface area (Å²) in [5.41, 5.74) is 1.26. The average molecular weight is 310 g/mol. The van der Waals surface area contributed by atoms with Crippen LogP contribution in [0.1, 0.15) is 18.9 Å². The van der Waals surface area contributed by atoms with E-state index >= 15 is 0 Å². The van der Waals surface area contributed by atoms with Gasteiger partial charge in [-0.05, 0) is 30.7 Å². The van der Waals surface area contributed by atoms with Crippen LogP contribution < -0.4 is 10.1 Å². The third-order valence-electron chi connectivity index (χ3n) is 3.60. The lowest BCUT2D eigenvalue weighted by Gasteiger charge is -2.25. The molecule has 0 aromatic heterocycles. The van der Waals surface area contributed by atoms with Crippen molar-refractivity contribution in [2.24, 2.45) is 0 Å².